The number of benzene rings is 3. The number of aliphatic hydroxyl groups excluding tert-OH is 1. The second kappa shape index (κ2) is 21.7. The Morgan fingerprint density at radius 2 is 1.62 bits per heavy atom. The van der Waals surface area contributed by atoms with Crippen molar-refractivity contribution in [2.75, 3.05) is 59.0 Å². The molecule has 1 unspecified atom stereocenters. The number of aliphatic hydroxyl groups is 1. The van der Waals surface area contributed by atoms with Crippen molar-refractivity contribution in [3.8, 4) is 16.2 Å². The Balaban J connectivity index is 0.737. The first-order valence-electron chi connectivity index (χ1n) is 26.3. The number of hydrogen-bond acceptors (Lipinski definition) is 10. The van der Waals surface area contributed by atoms with Crippen LogP contribution in [0.5, 0.6) is 5.75 Å². The summed E-state index contributed by atoms with van der Waals surface area (Å²) in [6.45, 7) is 17.1. The molecule has 9 rings (SSSR count). The number of thiazole rings is 1. The highest BCUT2D eigenvalue weighted by Crippen LogP contribution is 2.45. The molecule has 6 heterocycles. The van der Waals surface area contributed by atoms with Crippen molar-refractivity contribution in [1.82, 2.24) is 40.2 Å². The van der Waals surface area contributed by atoms with E-state index in [1.165, 1.54) is 30.9 Å². The lowest BCUT2D eigenvalue weighted by Gasteiger charge is -2.47. The first kappa shape index (κ1) is 53.5. The van der Waals surface area contributed by atoms with Gasteiger partial charge in [-0.05, 0) is 120 Å². The molecule has 0 aliphatic carbocycles. The SMILES string of the molecule is Cc1ncsc1-c1ccc(CNC(=O)[C@@H]2C[C@@H](O)CN2C(=O)C(NC(=O)CN2CCC3(CCN(CCOc4cc(F)c([C@@H]5c6[nH]c7ccccc7c6C[C@@H](C)N5CC(C)(C)F)c(F)c4)CC3)CC2)C(C)(C)C)cc1. The number of aromatic amines is 1. The Kier molecular flexibility index (Phi) is 15.7. The maximum absolute atomic E-state index is 16.3. The van der Waals surface area contributed by atoms with Crippen molar-refractivity contribution in [2.45, 2.75) is 129 Å². The minimum absolute atomic E-state index is 0.00391. The molecule has 17 heteroatoms. The zero-order valence-electron chi connectivity index (χ0n) is 43.9. The third kappa shape index (κ3) is 11.9. The molecule has 0 saturated carbocycles. The average Bonchev–Trinajstić information content (AvgIpc) is 4.07. The number of carbonyl (C=O) groups excluding carboxylic acids is 3. The van der Waals surface area contributed by atoms with Crippen molar-refractivity contribution < 1.29 is 37.4 Å². The molecule has 0 bridgehead atoms. The van der Waals surface area contributed by atoms with E-state index in [2.05, 4.69) is 30.4 Å². The molecule has 1 spiro atoms. The monoisotopic (exact) mass is 1040 g/mol. The predicted molar refractivity (Wildman–Crippen MR) is 282 cm³/mol. The topological polar surface area (TPSA) is 146 Å². The van der Waals surface area contributed by atoms with Crippen molar-refractivity contribution in [3.63, 3.8) is 0 Å². The summed E-state index contributed by atoms with van der Waals surface area (Å²) in [6.07, 6.45) is 3.73. The van der Waals surface area contributed by atoms with E-state index in [0.717, 1.165) is 90.0 Å². The number of aromatic nitrogens is 2. The number of aryl methyl sites for hydroxylation is 1. The van der Waals surface area contributed by atoms with E-state index < -0.39 is 46.9 Å². The van der Waals surface area contributed by atoms with Gasteiger partial charge in [0.25, 0.3) is 0 Å². The van der Waals surface area contributed by atoms with Crippen LogP contribution in [0.25, 0.3) is 21.3 Å². The van der Waals surface area contributed by atoms with Gasteiger partial charge in [0.1, 0.15) is 41.7 Å². The van der Waals surface area contributed by atoms with Gasteiger partial charge in [-0.2, -0.15) is 0 Å². The molecule has 4 aliphatic rings. The number of halogens is 3. The summed E-state index contributed by atoms with van der Waals surface area (Å²) >= 11 is 1.58. The third-order valence-electron chi connectivity index (χ3n) is 16.0. The summed E-state index contributed by atoms with van der Waals surface area (Å²) in [5.74, 6) is -2.34. The molecule has 5 atom stereocenters. The van der Waals surface area contributed by atoms with Crippen LogP contribution in [-0.4, -0.2) is 141 Å². The molecule has 74 heavy (non-hydrogen) atoms. The second-order valence-corrected chi connectivity index (χ2v) is 24.0. The number of likely N-dealkylation sites (tertiary alicyclic amines) is 3. The second-order valence-electron chi connectivity index (χ2n) is 23.1. The van der Waals surface area contributed by atoms with Crippen molar-refractivity contribution in [3.05, 3.63) is 106 Å². The van der Waals surface area contributed by atoms with Gasteiger partial charge in [0.2, 0.25) is 17.7 Å². The number of β-amino-alcohol motifs (C(OH)–C–C–N with tert-alkyl or cyclic N) is 1. The summed E-state index contributed by atoms with van der Waals surface area (Å²) in [5, 5.41) is 17.7. The van der Waals surface area contributed by atoms with E-state index in [0.29, 0.717) is 18.7 Å². The highest BCUT2D eigenvalue weighted by Gasteiger charge is 2.46. The molecule has 0 radical (unpaired) electrons. The lowest BCUT2D eigenvalue weighted by Crippen LogP contribution is -2.59. The summed E-state index contributed by atoms with van der Waals surface area (Å²) in [5.41, 5.74) is 5.08. The lowest BCUT2D eigenvalue weighted by atomic mass is 9.71. The number of hydrogen-bond donors (Lipinski definition) is 4. The molecular formula is C57H73F3N8O5S. The molecule has 3 aromatic carbocycles. The number of amides is 3. The normalized spacial score (nSPS) is 22.2. The van der Waals surface area contributed by atoms with Crippen LogP contribution in [0.4, 0.5) is 13.2 Å². The first-order chi connectivity index (χ1) is 35.1. The number of H-pyrrole nitrogens is 1. The van der Waals surface area contributed by atoms with Crippen molar-refractivity contribution in [2.24, 2.45) is 10.8 Å². The zero-order valence-corrected chi connectivity index (χ0v) is 44.7. The minimum Gasteiger partial charge on any atom is -0.492 e. The summed E-state index contributed by atoms with van der Waals surface area (Å²) in [6, 6.07) is 15.5. The number of rotatable bonds is 15. The molecule has 3 saturated heterocycles. The van der Waals surface area contributed by atoms with E-state index >= 15 is 13.2 Å². The van der Waals surface area contributed by atoms with Gasteiger partial charge in [0, 0.05) is 72.9 Å². The summed E-state index contributed by atoms with van der Waals surface area (Å²) in [7, 11) is 0. The predicted octanol–water partition coefficient (Wildman–Crippen LogP) is 8.33. The Hall–Kier alpha value is -5.33. The zero-order chi connectivity index (χ0) is 52.7. The Bertz CT molecular complexity index is 2780. The first-order valence-corrected chi connectivity index (χ1v) is 27.2. The summed E-state index contributed by atoms with van der Waals surface area (Å²) in [4.78, 5) is 58.2. The van der Waals surface area contributed by atoms with E-state index in [4.69, 9.17) is 4.74 Å². The maximum atomic E-state index is 16.3. The maximum Gasteiger partial charge on any atom is 0.246 e. The van der Waals surface area contributed by atoms with Gasteiger partial charge in [-0.15, -0.1) is 11.3 Å². The fraction of sp³-hybridized carbons (Fsp3) is 0.544. The van der Waals surface area contributed by atoms with Gasteiger partial charge in [-0.3, -0.25) is 29.1 Å². The fourth-order valence-corrected chi connectivity index (χ4v) is 12.6. The van der Waals surface area contributed by atoms with Crippen LogP contribution in [0.15, 0.2) is 66.2 Å². The Morgan fingerprint density at radius 1 is 0.959 bits per heavy atom. The van der Waals surface area contributed by atoms with Gasteiger partial charge in [-0.1, -0.05) is 63.2 Å². The van der Waals surface area contributed by atoms with Crippen LogP contribution in [-0.2, 0) is 27.3 Å². The number of fused-ring (bicyclic) bond motifs is 3. The highest BCUT2D eigenvalue weighted by atomic mass is 32.1. The molecule has 4 N–H and O–H groups in total. The molecule has 2 aromatic heterocycles. The van der Waals surface area contributed by atoms with Gasteiger partial charge in [0.15, 0.2) is 0 Å². The average molecular weight is 1040 g/mol. The lowest BCUT2D eigenvalue weighted by molar-refractivity contribution is -0.144. The van der Waals surface area contributed by atoms with Gasteiger partial charge in [-0.25, -0.2) is 18.2 Å². The molecule has 3 amide bonds. The van der Waals surface area contributed by atoms with Crippen LogP contribution in [0.3, 0.4) is 0 Å². The number of alkyl halides is 1. The standard InChI is InChI=1S/C57H73F3N8O5S/c1-35-26-42-41-10-8-9-11-45(41)63-49(42)50(68(35)33-56(6,7)60)48-43(58)28-40(29-44(48)59)73-25-24-65-20-16-57(17-21-65)18-22-66(23-19-57)32-47(70)64-52(55(3,4)5)54(72)67-31-39(69)27-46(67)53(71)61-30-37-12-14-38(15-13-37)51-36(2)62-34-74-51/h8-15,28-29,34-35,39,46,50,52,63,69H,16-27,30-33H2,1-7H3,(H,61,71)(H,64,70)/t35-,39-,46+,50-,52?/m1/s1. The highest BCUT2D eigenvalue weighted by molar-refractivity contribution is 7.13. The van der Waals surface area contributed by atoms with E-state index in [9.17, 15) is 19.5 Å². The van der Waals surface area contributed by atoms with Gasteiger partial charge >= 0.3 is 0 Å². The van der Waals surface area contributed by atoms with Crippen LogP contribution >= 0.6 is 11.3 Å². The molecule has 4 aliphatic heterocycles. The largest absolute Gasteiger partial charge is 0.492 e. The minimum atomic E-state index is -1.59. The third-order valence-corrected chi connectivity index (χ3v) is 17.0. The quantitative estimate of drug-likeness (QED) is 0.0814. The molecule has 3 fully saturated rings. The molecular weight excluding hydrogens is 966 g/mol. The number of piperidine rings is 2. The molecule has 398 valence electrons. The van der Waals surface area contributed by atoms with Crippen LogP contribution in [0, 0.1) is 29.4 Å². The van der Waals surface area contributed by atoms with Gasteiger partial charge in [0.05, 0.1) is 34.8 Å². The summed E-state index contributed by atoms with van der Waals surface area (Å²) < 4.78 is 53.8. The van der Waals surface area contributed by atoms with Crippen LogP contribution in [0.1, 0.15) is 108 Å². The van der Waals surface area contributed by atoms with E-state index in [1.54, 1.807) is 11.3 Å². The Morgan fingerprint density at radius 3 is 2.26 bits per heavy atom. The molecule has 5 aromatic rings. The van der Waals surface area contributed by atoms with Gasteiger partial charge < -0.3 is 30.4 Å². The Labute approximate surface area is 437 Å². The van der Waals surface area contributed by atoms with Crippen LogP contribution in [0.2, 0.25) is 0 Å². The fourth-order valence-electron chi connectivity index (χ4n) is 11.8. The van der Waals surface area contributed by atoms with Crippen molar-refractivity contribution >= 4 is 40.0 Å². The van der Waals surface area contributed by atoms with E-state index in [1.807, 2.05) is 93.6 Å². The van der Waals surface area contributed by atoms with E-state index in [-0.39, 0.29) is 79.7 Å². The van der Waals surface area contributed by atoms with Crippen molar-refractivity contribution in [1.29, 1.82) is 0 Å². The van der Waals surface area contributed by atoms with Crippen LogP contribution < -0.4 is 15.4 Å². The molecule has 13 nitrogen and oxygen atoms in total. The number of nitrogens with zero attached hydrogens (tertiary/aromatic N) is 5. The smallest absolute Gasteiger partial charge is 0.246 e. The number of nitrogens with one attached hydrogen (secondary N) is 3. The number of para-hydroxylation sites is 1. The number of ether oxygens (including phenoxy) is 1. The number of carbonyl (C=O) groups is 3.